The Balaban J connectivity index is 2.51. The Hall–Kier alpha value is -0.160. The second-order valence-corrected chi connectivity index (χ2v) is 5.63. The molecule has 0 radical (unpaired) electrons. The van der Waals surface area contributed by atoms with Crippen LogP contribution in [0.3, 0.4) is 0 Å². The highest BCUT2D eigenvalue weighted by molar-refractivity contribution is 4.87. The Morgan fingerprint density at radius 3 is 2.18 bits per heavy atom. The minimum atomic E-state index is 0.146. The van der Waals surface area contributed by atoms with Crippen molar-refractivity contribution < 1.29 is 10.2 Å². The summed E-state index contributed by atoms with van der Waals surface area (Å²) < 4.78 is 0. The summed E-state index contributed by atoms with van der Waals surface area (Å²) in [7, 11) is 0. The number of aliphatic hydroxyl groups is 2. The second kappa shape index (κ2) is 7.31. The molecule has 0 amide bonds. The van der Waals surface area contributed by atoms with E-state index in [1.54, 1.807) is 0 Å². The first-order chi connectivity index (χ1) is 8.08. The molecule has 0 bridgehead atoms. The zero-order chi connectivity index (χ0) is 12.8. The molecule has 1 saturated carbocycles. The molecule has 0 aliphatic heterocycles. The smallest absolute Gasteiger partial charge is 0.0558 e. The molecule has 0 aromatic carbocycles. The average Bonchev–Trinajstić information content (AvgIpc) is 2.23. The molecule has 102 valence electrons. The molecule has 1 fully saturated rings. The van der Waals surface area contributed by atoms with E-state index in [9.17, 15) is 0 Å². The van der Waals surface area contributed by atoms with Crippen molar-refractivity contribution in [1.82, 2.24) is 4.90 Å². The van der Waals surface area contributed by atoms with Crippen molar-refractivity contribution in [3.63, 3.8) is 0 Å². The molecule has 4 nitrogen and oxygen atoms in total. The Morgan fingerprint density at radius 1 is 1.12 bits per heavy atom. The highest BCUT2D eigenvalue weighted by atomic mass is 16.3. The highest BCUT2D eigenvalue weighted by Gasteiger charge is 2.32. The zero-order valence-electron chi connectivity index (χ0n) is 11.2. The van der Waals surface area contributed by atoms with E-state index in [2.05, 4.69) is 18.7 Å². The van der Waals surface area contributed by atoms with Crippen LogP contribution in [0.4, 0.5) is 0 Å². The van der Waals surface area contributed by atoms with E-state index in [4.69, 9.17) is 15.9 Å². The highest BCUT2D eigenvalue weighted by Crippen LogP contribution is 2.33. The van der Waals surface area contributed by atoms with E-state index in [1.165, 1.54) is 6.42 Å². The van der Waals surface area contributed by atoms with E-state index in [0.717, 1.165) is 18.9 Å². The van der Waals surface area contributed by atoms with Gasteiger partial charge in [0.25, 0.3) is 0 Å². The third-order valence-electron chi connectivity index (χ3n) is 4.03. The van der Waals surface area contributed by atoms with Gasteiger partial charge in [-0.3, -0.25) is 4.90 Å². The Bertz CT molecular complexity index is 196. The van der Waals surface area contributed by atoms with Gasteiger partial charge < -0.3 is 15.9 Å². The molecule has 1 aliphatic rings. The first-order valence-corrected chi connectivity index (χ1v) is 6.78. The maximum absolute atomic E-state index is 9.01. The van der Waals surface area contributed by atoms with Crippen LogP contribution in [0.5, 0.6) is 0 Å². The summed E-state index contributed by atoms with van der Waals surface area (Å²) in [6, 6.07) is 0.258. The van der Waals surface area contributed by atoms with E-state index in [1.807, 2.05) is 0 Å². The molecular formula is C13H28N2O2. The molecule has 0 aromatic heterocycles. The SMILES string of the molecule is CC1CC(C)C(CN(CCO)CCO)C(N)C1. The van der Waals surface area contributed by atoms with Gasteiger partial charge in [-0.25, -0.2) is 0 Å². The van der Waals surface area contributed by atoms with Crippen molar-refractivity contribution in [2.24, 2.45) is 23.5 Å². The summed E-state index contributed by atoms with van der Waals surface area (Å²) >= 11 is 0. The zero-order valence-corrected chi connectivity index (χ0v) is 11.2. The van der Waals surface area contributed by atoms with E-state index in [-0.39, 0.29) is 19.3 Å². The minimum Gasteiger partial charge on any atom is -0.395 e. The summed E-state index contributed by atoms with van der Waals surface area (Å²) in [6.45, 7) is 7.00. The van der Waals surface area contributed by atoms with Gasteiger partial charge in [-0.15, -0.1) is 0 Å². The van der Waals surface area contributed by atoms with Crippen LogP contribution in [-0.2, 0) is 0 Å². The van der Waals surface area contributed by atoms with E-state index < -0.39 is 0 Å². The molecule has 4 heteroatoms. The van der Waals surface area contributed by atoms with Gasteiger partial charge in [0.1, 0.15) is 0 Å². The van der Waals surface area contributed by atoms with Crippen molar-refractivity contribution in [1.29, 1.82) is 0 Å². The third-order valence-corrected chi connectivity index (χ3v) is 4.03. The lowest BCUT2D eigenvalue weighted by Crippen LogP contribution is -2.47. The minimum absolute atomic E-state index is 0.146. The predicted molar refractivity (Wildman–Crippen MR) is 69.6 cm³/mol. The second-order valence-electron chi connectivity index (χ2n) is 5.63. The van der Waals surface area contributed by atoms with Gasteiger partial charge in [0.2, 0.25) is 0 Å². The lowest BCUT2D eigenvalue weighted by atomic mass is 9.72. The monoisotopic (exact) mass is 244 g/mol. The van der Waals surface area contributed by atoms with Crippen LogP contribution in [0.25, 0.3) is 0 Å². The summed E-state index contributed by atoms with van der Waals surface area (Å²) in [4.78, 5) is 2.12. The van der Waals surface area contributed by atoms with Crippen molar-refractivity contribution in [2.45, 2.75) is 32.7 Å². The topological polar surface area (TPSA) is 69.7 Å². The molecule has 1 rings (SSSR count). The quantitative estimate of drug-likeness (QED) is 0.628. The molecule has 4 N–H and O–H groups in total. The number of hydrogen-bond donors (Lipinski definition) is 3. The molecule has 4 atom stereocenters. The van der Waals surface area contributed by atoms with E-state index in [0.29, 0.717) is 24.9 Å². The molecule has 0 aromatic rings. The van der Waals surface area contributed by atoms with Crippen LogP contribution in [-0.4, -0.2) is 54.0 Å². The molecule has 0 heterocycles. The number of nitrogens with two attached hydrogens (primary N) is 1. The summed E-state index contributed by atoms with van der Waals surface area (Å²) in [5.74, 6) is 1.85. The molecule has 4 unspecified atom stereocenters. The molecule has 0 saturated heterocycles. The molecule has 0 spiro atoms. The Labute approximate surface area is 105 Å². The van der Waals surface area contributed by atoms with Crippen LogP contribution in [0.15, 0.2) is 0 Å². The van der Waals surface area contributed by atoms with Gasteiger partial charge in [-0.05, 0) is 30.6 Å². The number of rotatable bonds is 6. The number of aliphatic hydroxyl groups excluding tert-OH is 2. The van der Waals surface area contributed by atoms with E-state index >= 15 is 0 Å². The third kappa shape index (κ3) is 4.54. The summed E-state index contributed by atoms with van der Waals surface area (Å²) in [6.07, 6.45) is 2.34. The maximum Gasteiger partial charge on any atom is 0.0558 e. The van der Waals surface area contributed by atoms with Crippen molar-refractivity contribution in [2.75, 3.05) is 32.8 Å². The first kappa shape index (κ1) is 14.9. The standard InChI is InChI=1S/C13H28N2O2/c1-10-7-11(2)12(13(14)8-10)9-15(3-5-16)4-6-17/h10-13,16-17H,3-9,14H2,1-2H3. The van der Waals surface area contributed by atoms with Crippen molar-refractivity contribution in [3.8, 4) is 0 Å². The largest absolute Gasteiger partial charge is 0.395 e. The molecule has 17 heavy (non-hydrogen) atoms. The van der Waals surface area contributed by atoms with Gasteiger partial charge in [0.15, 0.2) is 0 Å². The lowest BCUT2D eigenvalue weighted by Gasteiger charge is -2.40. The van der Waals surface area contributed by atoms with Gasteiger partial charge in [0, 0.05) is 25.7 Å². The predicted octanol–water partition coefficient (Wildman–Crippen LogP) is 0.283. The average molecular weight is 244 g/mol. The summed E-state index contributed by atoms with van der Waals surface area (Å²) in [5, 5.41) is 18.0. The van der Waals surface area contributed by atoms with Crippen molar-refractivity contribution in [3.05, 3.63) is 0 Å². The summed E-state index contributed by atoms with van der Waals surface area (Å²) in [5.41, 5.74) is 6.25. The van der Waals surface area contributed by atoms with Crippen LogP contribution < -0.4 is 5.73 Å². The molecular weight excluding hydrogens is 216 g/mol. The van der Waals surface area contributed by atoms with Crippen LogP contribution in [0, 0.1) is 17.8 Å². The fraction of sp³-hybridized carbons (Fsp3) is 1.00. The number of hydrogen-bond acceptors (Lipinski definition) is 4. The van der Waals surface area contributed by atoms with Crippen LogP contribution >= 0.6 is 0 Å². The van der Waals surface area contributed by atoms with Crippen LogP contribution in [0.1, 0.15) is 26.7 Å². The fourth-order valence-corrected chi connectivity index (χ4v) is 3.16. The first-order valence-electron chi connectivity index (χ1n) is 6.78. The Morgan fingerprint density at radius 2 is 1.71 bits per heavy atom. The van der Waals surface area contributed by atoms with Gasteiger partial charge in [-0.2, -0.15) is 0 Å². The maximum atomic E-state index is 9.01. The van der Waals surface area contributed by atoms with Crippen LogP contribution in [0.2, 0.25) is 0 Å². The van der Waals surface area contributed by atoms with Crippen molar-refractivity contribution >= 4 is 0 Å². The van der Waals surface area contributed by atoms with Gasteiger partial charge in [0.05, 0.1) is 13.2 Å². The normalized spacial score (nSPS) is 34.2. The van der Waals surface area contributed by atoms with Gasteiger partial charge in [-0.1, -0.05) is 13.8 Å². The number of nitrogens with zero attached hydrogens (tertiary/aromatic N) is 1. The lowest BCUT2D eigenvalue weighted by molar-refractivity contribution is 0.0920. The Kier molecular flexibility index (Phi) is 6.41. The van der Waals surface area contributed by atoms with Gasteiger partial charge >= 0.3 is 0 Å². The molecule has 1 aliphatic carbocycles. The fourth-order valence-electron chi connectivity index (χ4n) is 3.16.